The van der Waals surface area contributed by atoms with Crippen LogP contribution in [0.3, 0.4) is 0 Å². The molecule has 0 aliphatic carbocycles. The van der Waals surface area contributed by atoms with E-state index in [9.17, 15) is 5.11 Å². The minimum Gasteiger partial charge on any atom is -0.475 e. The van der Waals surface area contributed by atoms with Crippen molar-refractivity contribution < 1.29 is 19.3 Å². The summed E-state index contributed by atoms with van der Waals surface area (Å²) in [6, 6.07) is 0. The monoisotopic (exact) mass is 243 g/mol. The molecule has 0 radical (unpaired) electrons. The number of hydrogen-bond acceptors (Lipinski definition) is 5. The van der Waals surface area contributed by atoms with Gasteiger partial charge in [-0.25, -0.2) is 0 Å². The van der Waals surface area contributed by atoms with Crippen LogP contribution in [-0.4, -0.2) is 41.7 Å². The molecular formula is C12H21NO4. The highest BCUT2D eigenvalue weighted by atomic mass is 16.7. The van der Waals surface area contributed by atoms with Gasteiger partial charge in [0.2, 0.25) is 0 Å². The number of aliphatic hydroxyl groups excluding tert-OH is 1. The minimum absolute atomic E-state index is 0.236. The predicted octanol–water partition coefficient (Wildman–Crippen LogP) is 1.29. The summed E-state index contributed by atoms with van der Waals surface area (Å²) in [6.07, 6.45) is -0.872. The zero-order valence-corrected chi connectivity index (χ0v) is 10.8. The molecule has 2 rings (SSSR count). The smallest absolute Gasteiger partial charge is 0.186 e. The molecule has 98 valence electrons. The molecule has 2 aliphatic rings. The molecule has 5 nitrogen and oxygen atoms in total. The van der Waals surface area contributed by atoms with Gasteiger partial charge < -0.3 is 19.3 Å². The Balaban J connectivity index is 1.98. The van der Waals surface area contributed by atoms with Crippen molar-refractivity contribution >= 4 is 5.90 Å². The van der Waals surface area contributed by atoms with E-state index in [4.69, 9.17) is 19.6 Å². The Morgan fingerprint density at radius 1 is 1.29 bits per heavy atom. The van der Waals surface area contributed by atoms with Crippen molar-refractivity contribution in [3.05, 3.63) is 0 Å². The molecule has 2 heterocycles. The number of ether oxygens (including phenoxy) is 3. The van der Waals surface area contributed by atoms with Gasteiger partial charge in [-0.1, -0.05) is 13.8 Å². The van der Waals surface area contributed by atoms with E-state index < -0.39 is 11.9 Å². The summed E-state index contributed by atoms with van der Waals surface area (Å²) < 4.78 is 16.4. The van der Waals surface area contributed by atoms with Crippen LogP contribution in [0, 0.1) is 10.8 Å². The zero-order valence-electron chi connectivity index (χ0n) is 10.8. The van der Waals surface area contributed by atoms with Crippen molar-refractivity contribution in [1.82, 2.24) is 0 Å². The van der Waals surface area contributed by atoms with Crippen molar-refractivity contribution in [3.8, 4) is 0 Å². The van der Waals surface area contributed by atoms with E-state index >= 15 is 0 Å². The van der Waals surface area contributed by atoms with Gasteiger partial charge in [-0.15, -0.1) is 0 Å². The molecule has 3 atom stereocenters. The summed E-state index contributed by atoms with van der Waals surface area (Å²) in [7, 11) is 0. The molecular weight excluding hydrogens is 222 g/mol. The lowest BCUT2D eigenvalue weighted by Crippen LogP contribution is -2.39. The number of rotatable bonds is 2. The van der Waals surface area contributed by atoms with Crippen molar-refractivity contribution in [3.63, 3.8) is 0 Å². The topological polar surface area (TPSA) is 71.8 Å². The predicted molar refractivity (Wildman–Crippen MR) is 61.9 cm³/mol. The molecule has 0 bridgehead atoms. The molecule has 0 unspecified atom stereocenters. The van der Waals surface area contributed by atoms with E-state index in [0.29, 0.717) is 13.0 Å². The first-order valence-corrected chi connectivity index (χ1v) is 5.97. The average molecular weight is 243 g/mol. The van der Waals surface area contributed by atoms with Crippen LogP contribution < -0.4 is 0 Å². The fourth-order valence-corrected chi connectivity index (χ4v) is 2.26. The molecule has 17 heavy (non-hydrogen) atoms. The van der Waals surface area contributed by atoms with Gasteiger partial charge in [-0.3, -0.25) is 5.41 Å². The Morgan fingerprint density at radius 3 is 2.35 bits per heavy atom. The molecule has 0 aromatic heterocycles. The van der Waals surface area contributed by atoms with Crippen LogP contribution in [0.1, 0.15) is 34.1 Å². The van der Waals surface area contributed by atoms with Gasteiger partial charge in [0.15, 0.2) is 11.7 Å². The van der Waals surface area contributed by atoms with Gasteiger partial charge in [0.1, 0.15) is 18.3 Å². The number of aliphatic hydroxyl groups is 1. The van der Waals surface area contributed by atoms with Crippen molar-refractivity contribution in [1.29, 1.82) is 5.41 Å². The van der Waals surface area contributed by atoms with Crippen LogP contribution >= 0.6 is 0 Å². The average Bonchev–Trinajstić information content (AvgIpc) is 2.67. The molecule has 0 aromatic carbocycles. The summed E-state index contributed by atoms with van der Waals surface area (Å²) in [5.74, 6) is -0.410. The summed E-state index contributed by atoms with van der Waals surface area (Å²) >= 11 is 0. The Kier molecular flexibility index (Phi) is 2.96. The second-order valence-corrected chi connectivity index (χ2v) is 5.93. The standard InChI is InChI=1S/C12H21NO4/c1-11(2)5-7(16-10(11)13)9(14)8-6-15-12(3,4)17-8/h7-9,13-14H,5-6H2,1-4H3/t7-,8+,9-/m0/s1. The summed E-state index contributed by atoms with van der Waals surface area (Å²) in [6.45, 7) is 7.89. The molecule has 0 aromatic rings. The fourth-order valence-electron chi connectivity index (χ4n) is 2.26. The number of nitrogens with one attached hydrogen (secondary N) is 1. The van der Waals surface area contributed by atoms with Crippen LogP contribution in [0.2, 0.25) is 0 Å². The Labute approximate surface area is 102 Å². The van der Waals surface area contributed by atoms with E-state index in [0.717, 1.165) is 0 Å². The molecule has 2 N–H and O–H groups in total. The van der Waals surface area contributed by atoms with Crippen LogP contribution in [0.25, 0.3) is 0 Å². The first-order chi connectivity index (χ1) is 7.71. The van der Waals surface area contributed by atoms with Crippen LogP contribution in [0.4, 0.5) is 0 Å². The summed E-state index contributed by atoms with van der Waals surface area (Å²) in [5, 5.41) is 17.9. The first-order valence-electron chi connectivity index (χ1n) is 5.97. The summed E-state index contributed by atoms with van der Waals surface area (Å²) in [5.41, 5.74) is -0.305. The lowest BCUT2D eigenvalue weighted by atomic mass is 9.87. The summed E-state index contributed by atoms with van der Waals surface area (Å²) in [4.78, 5) is 0. The SMILES string of the molecule is CC1(C)OC[C@H]([C@@H](O)[C@@H]2CC(C)(C)C(=N)O2)O1. The van der Waals surface area contributed by atoms with Crippen molar-refractivity contribution in [2.24, 2.45) is 5.41 Å². The highest BCUT2D eigenvalue weighted by molar-refractivity contribution is 5.80. The van der Waals surface area contributed by atoms with Crippen molar-refractivity contribution in [2.75, 3.05) is 6.61 Å². The van der Waals surface area contributed by atoms with Gasteiger partial charge in [0.25, 0.3) is 0 Å². The largest absolute Gasteiger partial charge is 0.475 e. The molecule has 5 heteroatoms. The van der Waals surface area contributed by atoms with E-state index in [1.54, 1.807) is 0 Å². The molecule has 2 saturated heterocycles. The second-order valence-electron chi connectivity index (χ2n) is 5.93. The van der Waals surface area contributed by atoms with Crippen molar-refractivity contribution in [2.45, 2.75) is 58.2 Å². The second kappa shape index (κ2) is 3.93. The third-order valence-corrected chi connectivity index (χ3v) is 3.39. The van der Waals surface area contributed by atoms with E-state index in [1.165, 1.54) is 0 Å². The Hall–Kier alpha value is -0.650. The van der Waals surface area contributed by atoms with Gasteiger partial charge in [0, 0.05) is 11.8 Å². The lowest BCUT2D eigenvalue weighted by molar-refractivity contribution is -0.158. The van der Waals surface area contributed by atoms with E-state index in [1.807, 2.05) is 27.7 Å². The highest BCUT2D eigenvalue weighted by Crippen LogP contribution is 2.37. The lowest BCUT2D eigenvalue weighted by Gasteiger charge is -2.24. The Bertz CT molecular complexity index is 326. The van der Waals surface area contributed by atoms with Gasteiger partial charge in [0.05, 0.1) is 6.61 Å². The van der Waals surface area contributed by atoms with Crippen LogP contribution in [0.5, 0.6) is 0 Å². The van der Waals surface area contributed by atoms with E-state index in [2.05, 4.69) is 0 Å². The normalized spacial score (nSPS) is 36.9. The molecule has 0 spiro atoms. The maximum Gasteiger partial charge on any atom is 0.186 e. The quantitative estimate of drug-likeness (QED) is 0.766. The fraction of sp³-hybridized carbons (Fsp3) is 0.917. The third kappa shape index (κ3) is 2.46. The first kappa shape index (κ1) is 12.8. The van der Waals surface area contributed by atoms with Crippen LogP contribution in [-0.2, 0) is 14.2 Å². The van der Waals surface area contributed by atoms with Gasteiger partial charge in [-0.05, 0) is 13.8 Å². The van der Waals surface area contributed by atoms with Gasteiger partial charge in [-0.2, -0.15) is 0 Å². The molecule has 2 aliphatic heterocycles. The maximum atomic E-state index is 10.2. The maximum absolute atomic E-state index is 10.2. The molecule has 2 fully saturated rings. The Morgan fingerprint density at radius 2 is 1.94 bits per heavy atom. The third-order valence-electron chi connectivity index (χ3n) is 3.39. The van der Waals surface area contributed by atoms with Crippen LogP contribution in [0.15, 0.2) is 0 Å². The minimum atomic E-state index is -0.751. The zero-order chi connectivity index (χ0) is 12.8. The van der Waals surface area contributed by atoms with E-state index in [-0.39, 0.29) is 23.5 Å². The number of hydrogen-bond donors (Lipinski definition) is 2. The molecule has 0 saturated carbocycles. The molecule has 0 amide bonds. The van der Waals surface area contributed by atoms with Gasteiger partial charge >= 0.3 is 0 Å². The highest BCUT2D eigenvalue weighted by Gasteiger charge is 2.47.